The molecule has 1 aliphatic heterocycles. The maximum atomic E-state index is 12.2. The van der Waals surface area contributed by atoms with E-state index in [1.165, 1.54) is 0 Å². The number of benzene rings is 1. The second-order valence-corrected chi connectivity index (χ2v) is 6.10. The number of tetrazole rings is 1. The van der Waals surface area contributed by atoms with Gasteiger partial charge in [0.05, 0.1) is 18.2 Å². The van der Waals surface area contributed by atoms with Gasteiger partial charge in [0.2, 0.25) is 5.91 Å². The highest BCUT2D eigenvalue weighted by molar-refractivity contribution is 5.95. The molecule has 8 heteroatoms. The van der Waals surface area contributed by atoms with Gasteiger partial charge in [0.1, 0.15) is 0 Å². The molecule has 2 fully saturated rings. The Morgan fingerprint density at radius 3 is 3.00 bits per heavy atom. The van der Waals surface area contributed by atoms with E-state index in [-0.39, 0.29) is 11.9 Å². The second kappa shape index (κ2) is 5.71. The van der Waals surface area contributed by atoms with Gasteiger partial charge < -0.3 is 15.7 Å². The first-order valence-electron chi connectivity index (χ1n) is 7.81. The maximum Gasteiger partial charge on any atom is 0.241 e. The predicted molar refractivity (Wildman–Crippen MR) is 82.6 cm³/mol. The Balaban J connectivity index is 1.52. The summed E-state index contributed by atoms with van der Waals surface area (Å²) in [6.07, 6.45) is 2.18. The van der Waals surface area contributed by atoms with Gasteiger partial charge in [-0.2, -0.15) is 0 Å². The van der Waals surface area contributed by atoms with Crippen molar-refractivity contribution in [3.05, 3.63) is 24.3 Å². The van der Waals surface area contributed by atoms with E-state index in [0.717, 1.165) is 24.2 Å². The largest absolute Gasteiger partial charge is 0.392 e. The number of aliphatic hydroxyl groups is 1. The first-order chi connectivity index (χ1) is 11.2. The van der Waals surface area contributed by atoms with Gasteiger partial charge in [0, 0.05) is 17.8 Å². The lowest BCUT2D eigenvalue weighted by Crippen LogP contribution is -2.35. The molecule has 4 rings (SSSR count). The van der Waals surface area contributed by atoms with E-state index in [9.17, 15) is 9.90 Å². The van der Waals surface area contributed by atoms with Gasteiger partial charge in [-0.1, -0.05) is 12.1 Å². The quantitative estimate of drug-likeness (QED) is 0.751. The molecule has 0 bridgehead atoms. The van der Waals surface area contributed by atoms with Crippen LogP contribution in [-0.4, -0.2) is 49.9 Å². The Hall–Kier alpha value is -2.32. The van der Waals surface area contributed by atoms with Crippen LogP contribution < -0.4 is 10.6 Å². The van der Waals surface area contributed by atoms with Gasteiger partial charge in [-0.15, -0.1) is 5.10 Å². The van der Waals surface area contributed by atoms with Gasteiger partial charge in [-0.05, 0) is 41.8 Å². The van der Waals surface area contributed by atoms with Crippen molar-refractivity contribution < 1.29 is 9.90 Å². The molecule has 0 radical (unpaired) electrons. The lowest BCUT2D eigenvalue weighted by Gasteiger charge is -2.12. The molecule has 1 aromatic carbocycles. The minimum atomic E-state index is -0.458. The molecule has 2 aliphatic rings. The number of carbonyl (C=O) groups is 1. The Morgan fingerprint density at radius 2 is 2.26 bits per heavy atom. The summed E-state index contributed by atoms with van der Waals surface area (Å²) in [6, 6.07) is 7.53. The highest BCUT2D eigenvalue weighted by Crippen LogP contribution is 2.36. The molecule has 0 spiro atoms. The van der Waals surface area contributed by atoms with Crippen LogP contribution in [0.5, 0.6) is 0 Å². The second-order valence-electron chi connectivity index (χ2n) is 6.10. The van der Waals surface area contributed by atoms with Crippen LogP contribution in [0, 0.1) is 0 Å². The first kappa shape index (κ1) is 14.3. The molecular weight excluding hydrogens is 296 g/mol. The average molecular weight is 314 g/mol. The van der Waals surface area contributed by atoms with Gasteiger partial charge in [0.15, 0.2) is 5.82 Å². The molecule has 8 nitrogen and oxygen atoms in total. The van der Waals surface area contributed by atoms with E-state index >= 15 is 0 Å². The molecule has 2 aromatic rings. The summed E-state index contributed by atoms with van der Waals surface area (Å²) in [4.78, 5) is 12.2. The van der Waals surface area contributed by atoms with E-state index in [1.807, 2.05) is 28.9 Å². The maximum absolute atomic E-state index is 12.2. The third kappa shape index (κ3) is 2.95. The molecule has 1 saturated carbocycles. The third-order valence-electron chi connectivity index (χ3n) is 4.20. The van der Waals surface area contributed by atoms with E-state index < -0.39 is 6.10 Å². The number of carbonyl (C=O) groups excluding carboxylic acids is 1. The van der Waals surface area contributed by atoms with Gasteiger partial charge in [0.25, 0.3) is 0 Å². The van der Waals surface area contributed by atoms with Crippen molar-refractivity contribution in [2.75, 3.05) is 11.9 Å². The standard InChI is InChI=1S/C15H18N6O2/c22-12-7-13(16-8-12)15(23)17-10-3-1-2-9(6-10)14-18-19-20-21(14)11-4-5-11/h1-3,6,11-13,16,22H,4-5,7-8H2,(H,17,23). The molecule has 2 atom stereocenters. The van der Waals surface area contributed by atoms with Crippen molar-refractivity contribution in [2.45, 2.75) is 37.5 Å². The SMILES string of the molecule is O=C(Nc1cccc(-c2nnnn2C2CC2)c1)C1CC(O)CN1. The van der Waals surface area contributed by atoms with Gasteiger partial charge in [-0.25, -0.2) is 4.68 Å². The first-order valence-corrected chi connectivity index (χ1v) is 7.81. The van der Waals surface area contributed by atoms with Crippen LogP contribution in [-0.2, 0) is 4.79 Å². The Kier molecular flexibility index (Phi) is 3.55. The minimum absolute atomic E-state index is 0.138. The fourth-order valence-corrected chi connectivity index (χ4v) is 2.83. The van der Waals surface area contributed by atoms with Crippen LogP contribution >= 0.6 is 0 Å². The minimum Gasteiger partial charge on any atom is -0.392 e. The van der Waals surface area contributed by atoms with E-state index in [0.29, 0.717) is 24.7 Å². The summed E-state index contributed by atoms with van der Waals surface area (Å²) in [5.41, 5.74) is 1.57. The van der Waals surface area contributed by atoms with Crippen LogP contribution in [0.3, 0.4) is 0 Å². The summed E-state index contributed by atoms with van der Waals surface area (Å²) in [5.74, 6) is 0.582. The summed E-state index contributed by atoms with van der Waals surface area (Å²) in [7, 11) is 0. The molecule has 1 aliphatic carbocycles. The zero-order valence-electron chi connectivity index (χ0n) is 12.5. The number of aromatic nitrogens is 4. The van der Waals surface area contributed by atoms with Crippen molar-refractivity contribution in [3.8, 4) is 11.4 Å². The summed E-state index contributed by atoms with van der Waals surface area (Å²) >= 11 is 0. The smallest absolute Gasteiger partial charge is 0.241 e. The molecule has 2 heterocycles. The number of nitrogens with zero attached hydrogens (tertiary/aromatic N) is 4. The Labute approximate surface area is 132 Å². The molecule has 3 N–H and O–H groups in total. The van der Waals surface area contributed by atoms with Crippen molar-refractivity contribution >= 4 is 11.6 Å². The molecule has 2 unspecified atom stereocenters. The number of nitrogens with one attached hydrogen (secondary N) is 2. The number of rotatable bonds is 4. The van der Waals surface area contributed by atoms with Crippen LogP contribution in [0.25, 0.3) is 11.4 Å². The Morgan fingerprint density at radius 1 is 1.39 bits per heavy atom. The van der Waals surface area contributed by atoms with E-state index in [4.69, 9.17) is 0 Å². The van der Waals surface area contributed by atoms with Crippen LogP contribution in [0.15, 0.2) is 24.3 Å². The van der Waals surface area contributed by atoms with Crippen LogP contribution in [0.4, 0.5) is 5.69 Å². The van der Waals surface area contributed by atoms with Crippen molar-refractivity contribution in [1.29, 1.82) is 0 Å². The van der Waals surface area contributed by atoms with Gasteiger partial charge in [-0.3, -0.25) is 4.79 Å². The molecular formula is C15H18N6O2. The third-order valence-corrected chi connectivity index (χ3v) is 4.20. The zero-order valence-corrected chi connectivity index (χ0v) is 12.5. The Bertz CT molecular complexity index is 726. The van der Waals surface area contributed by atoms with Crippen molar-refractivity contribution in [2.24, 2.45) is 0 Å². The lowest BCUT2D eigenvalue weighted by molar-refractivity contribution is -0.117. The van der Waals surface area contributed by atoms with Crippen LogP contribution in [0.2, 0.25) is 0 Å². The average Bonchev–Trinajstić information content (AvgIpc) is 3.10. The van der Waals surface area contributed by atoms with Gasteiger partial charge >= 0.3 is 0 Å². The predicted octanol–water partition coefficient (Wildman–Crippen LogP) is 0.336. The van der Waals surface area contributed by atoms with Crippen molar-refractivity contribution in [1.82, 2.24) is 25.5 Å². The number of aliphatic hydroxyl groups excluding tert-OH is 1. The molecule has 1 aromatic heterocycles. The van der Waals surface area contributed by atoms with E-state index in [2.05, 4.69) is 26.2 Å². The highest BCUT2D eigenvalue weighted by atomic mass is 16.3. The molecule has 23 heavy (non-hydrogen) atoms. The number of hydrogen-bond donors (Lipinski definition) is 3. The molecule has 1 saturated heterocycles. The summed E-state index contributed by atoms with van der Waals surface area (Å²) in [6.45, 7) is 0.453. The lowest BCUT2D eigenvalue weighted by atomic mass is 10.1. The zero-order chi connectivity index (χ0) is 15.8. The van der Waals surface area contributed by atoms with E-state index in [1.54, 1.807) is 0 Å². The fraction of sp³-hybridized carbons (Fsp3) is 0.467. The normalized spacial score (nSPS) is 23.9. The van der Waals surface area contributed by atoms with Crippen LogP contribution in [0.1, 0.15) is 25.3 Å². The highest BCUT2D eigenvalue weighted by Gasteiger charge is 2.29. The molecule has 1 amide bonds. The summed E-state index contributed by atoms with van der Waals surface area (Å²) < 4.78 is 1.84. The fourth-order valence-electron chi connectivity index (χ4n) is 2.83. The van der Waals surface area contributed by atoms with Crippen molar-refractivity contribution in [3.63, 3.8) is 0 Å². The number of anilines is 1. The summed E-state index contributed by atoms with van der Waals surface area (Å²) in [5, 5.41) is 27.3. The number of amides is 1. The monoisotopic (exact) mass is 314 g/mol. The number of hydrogen-bond acceptors (Lipinski definition) is 6. The topological polar surface area (TPSA) is 105 Å². The molecule has 120 valence electrons. The number of β-amino-alcohol motifs (C(OH)–C–C–N with tert-alkyl or cyclic N) is 1.